The molecule has 4 aromatic rings. The number of rotatable bonds is 6. The van der Waals surface area contributed by atoms with Crippen molar-refractivity contribution in [3.8, 4) is 0 Å². The Hall–Kier alpha value is -3.52. The lowest BCUT2D eigenvalue weighted by atomic mass is 10.2. The summed E-state index contributed by atoms with van der Waals surface area (Å²) >= 11 is 1.36. The molecular weight excluding hydrogens is 388 g/mol. The zero-order valence-electron chi connectivity index (χ0n) is 15.6. The third-order valence-electron chi connectivity index (χ3n) is 4.28. The Morgan fingerprint density at radius 3 is 2.83 bits per heavy atom. The SMILES string of the molecule is Cc1ccc(NC(=O)Cc2nc(COC(=O)c3ccc4cn[nH]c4c3)cs2)cc1. The van der Waals surface area contributed by atoms with Gasteiger partial charge in [0, 0.05) is 16.5 Å². The summed E-state index contributed by atoms with van der Waals surface area (Å²) in [6, 6.07) is 12.8. The zero-order valence-corrected chi connectivity index (χ0v) is 16.5. The van der Waals surface area contributed by atoms with Crippen molar-refractivity contribution in [3.63, 3.8) is 0 Å². The maximum absolute atomic E-state index is 12.3. The minimum Gasteiger partial charge on any atom is -0.456 e. The van der Waals surface area contributed by atoms with E-state index in [1.807, 2.05) is 37.3 Å². The van der Waals surface area contributed by atoms with Crippen LogP contribution in [-0.2, 0) is 22.6 Å². The van der Waals surface area contributed by atoms with E-state index in [2.05, 4.69) is 20.5 Å². The number of carbonyl (C=O) groups is 2. The van der Waals surface area contributed by atoms with Gasteiger partial charge in [-0.1, -0.05) is 23.8 Å². The number of H-pyrrole nitrogens is 1. The van der Waals surface area contributed by atoms with Crippen molar-refractivity contribution >= 4 is 39.8 Å². The summed E-state index contributed by atoms with van der Waals surface area (Å²) in [4.78, 5) is 28.8. The van der Waals surface area contributed by atoms with Crippen LogP contribution in [0.25, 0.3) is 10.9 Å². The van der Waals surface area contributed by atoms with Crippen molar-refractivity contribution in [2.45, 2.75) is 20.0 Å². The lowest BCUT2D eigenvalue weighted by Crippen LogP contribution is -2.14. The maximum Gasteiger partial charge on any atom is 0.338 e. The van der Waals surface area contributed by atoms with Crippen LogP contribution >= 0.6 is 11.3 Å². The van der Waals surface area contributed by atoms with E-state index in [1.54, 1.807) is 23.7 Å². The van der Waals surface area contributed by atoms with Gasteiger partial charge in [-0.05, 0) is 31.2 Å². The average Bonchev–Trinajstić information content (AvgIpc) is 3.36. The summed E-state index contributed by atoms with van der Waals surface area (Å²) in [5, 5.41) is 13.0. The highest BCUT2D eigenvalue weighted by Gasteiger charge is 2.12. The molecule has 29 heavy (non-hydrogen) atoms. The first-order valence-electron chi connectivity index (χ1n) is 8.97. The largest absolute Gasteiger partial charge is 0.456 e. The summed E-state index contributed by atoms with van der Waals surface area (Å²) in [6.07, 6.45) is 1.86. The van der Waals surface area contributed by atoms with Crippen LogP contribution in [0, 0.1) is 6.92 Å². The number of fused-ring (bicyclic) bond motifs is 1. The van der Waals surface area contributed by atoms with Gasteiger partial charge >= 0.3 is 5.97 Å². The molecule has 2 aromatic carbocycles. The molecule has 0 aliphatic rings. The monoisotopic (exact) mass is 406 g/mol. The minimum absolute atomic E-state index is 0.0515. The minimum atomic E-state index is -0.437. The van der Waals surface area contributed by atoms with Gasteiger partial charge in [0.2, 0.25) is 5.91 Å². The van der Waals surface area contributed by atoms with Gasteiger partial charge in [0.1, 0.15) is 11.6 Å². The van der Waals surface area contributed by atoms with Gasteiger partial charge in [-0.15, -0.1) is 11.3 Å². The van der Waals surface area contributed by atoms with Crippen LogP contribution in [0.4, 0.5) is 5.69 Å². The van der Waals surface area contributed by atoms with E-state index in [-0.39, 0.29) is 18.9 Å². The molecule has 2 aromatic heterocycles. The Balaban J connectivity index is 1.31. The Bertz CT molecular complexity index is 1160. The molecule has 0 radical (unpaired) electrons. The molecule has 8 heteroatoms. The second-order valence-electron chi connectivity index (χ2n) is 6.57. The van der Waals surface area contributed by atoms with Crippen LogP contribution in [0.5, 0.6) is 0 Å². The number of aromatic nitrogens is 3. The predicted molar refractivity (Wildman–Crippen MR) is 111 cm³/mol. The number of nitrogens with one attached hydrogen (secondary N) is 2. The van der Waals surface area contributed by atoms with Crippen LogP contribution in [-0.4, -0.2) is 27.1 Å². The van der Waals surface area contributed by atoms with Crippen LogP contribution in [0.2, 0.25) is 0 Å². The van der Waals surface area contributed by atoms with E-state index in [4.69, 9.17) is 4.74 Å². The van der Waals surface area contributed by atoms with Crippen LogP contribution in [0.15, 0.2) is 54.0 Å². The van der Waals surface area contributed by atoms with Crippen molar-refractivity contribution in [1.29, 1.82) is 0 Å². The lowest BCUT2D eigenvalue weighted by Gasteiger charge is -2.04. The number of esters is 1. The number of aromatic amines is 1. The number of hydrogen-bond donors (Lipinski definition) is 2. The van der Waals surface area contributed by atoms with Crippen molar-refractivity contribution < 1.29 is 14.3 Å². The number of nitrogens with zero attached hydrogens (tertiary/aromatic N) is 2. The summed E-state index contributed by atoms with van der Waals surface area (Å²) in [5.74, 6) is -0.576. The number of amides is 1. The van der Waals surface area contributed by atoms with Gasteiger partial charge in [0.05, 0.1) is 29.4 Å². The summed E-state index contributed by atoms with van der Waals surface area (Å²) in [7, 11) is 0. The first-order valence-corrected chi connectivity index (χ1v) is 9.85. The normalized spacial score (nSPS) is 10.8. The van der Waals surface area contributed by atoms with E-state index in [1.165, 1.54) is 11.3 Å². The fourth-order valence-electron chi connectivity index (χ4n) is 2.76. The number of anilines is 1. The molecule has 0 spiro atoms. The molecule has 0 unspecified atom stereocenters. The molecule has 0 fully saturated rings. The lowest BCUT2D eigenvalue weighted by molar-refractivity contribution is -0.115. The Kier molecular flexibility index (Phi) is 5.35. The number of aryl methyl sites for hydroxylation is 1. The first kappa shape index (κ1) is 18.8. The van der Waals surface area contributed by atoms with Crippen LogP contribution in [0.3, 0.4) is 0 Å². The van der Waals surface area contributed by atoms with E-state index in [0.29, 0.717) is 16.3 Å². The molecule has 0 aliphatic heterocycles. The van der Waals surface area contributed by atoms with E-state index < -0.39 is 5.97 Å². The van der Waals surface area contributed by atoms with Gasteiger partial charge in [-0.3, -0.25) is 9.89 Å². The van der Waals surface area contributed by atoms with E-state index in [9.17, 15) is 9.59 Å². The molecule has 0 atom stereocenters. The number of carbonyl (C=O) groups excluding carboxylic acids is 2. The molecule has 1 amide bonds. The summed E-state index contributed by atoms with van der Waals surface area (Å²) in [6.45, 7) is 2.04. The predicted octanol–water partition coefficient (Wildman–Crippen LogP) is 3.87. The highest BCUT2D eigenvalue weighted by molar-refractivity contribution is 7.09. The average molecular weight is 406 g/mol. The van der Waals surface area contributed by atoms with Gasteiger partial charge in [-0.2, -0.15) is 5.10 Å². The molecule has 2 heterocycles. The van der Waals surface area contributed by atoms with Crippen molar-refractivity contribution in [3.05, 3.63) is 75.9 Å². The highest BCUT2D eigenvalue weighted by atomic mass is 32.1. The van der Waals surface area contributed by atoms with Gasteiger partial charge < -0.3 is 10.1 Å². The molecule has 7 nitrogen and oxygen atoms in total. The van der Waals surface area contributed by atoms with E-state index >= 15 is 0 Å². The Morgan fingerprint density at radius 2 is 2.00 bits per heavy atom. The number of hydrogen-bond acceptors (Lipinski definition) is 6. The van der Waals surface area contributed by atoms with E-state index in [0.717, 1.165) is 22.2 Å². The summed E-state index contributed by atoms with van der Waals surface area (Å²) < 4.78 is 5.34. The highest BCUT2D eigenvalue weighted by Crippen LogP contribution is 2.16. The number of thiazole rings is 1. The topological polar surface area (TPSA) is 97.0 Å². The molecule has 0 saturated heterocycles. The summed E-state index contributed by atoms with van der Waals surface area (Å²) in [5.41, 5.74) is 3.71. The Labute approximate surface area is 170 Å². The van der Waals surface area contributed by atoms with Crippen LogP contribution < -0.4 is 5.32 Å². The van der Waals surface area contributed by atoms with Crippen LogP contribution in [0.1, 0.15) is 26.6 Å². The van der Waals surface area contributed by atoms with Gasteiger partial charge in [0.25, 0.3) is 0 Å². The second-order valence-corrected chi connectivity index (χ2v) is 7.51. The first-order chi connectivity index (χ1) is 14.1. The Morgan fingerprint density at radius 1 is 1.17 bits per heavy atom. The number of ether oxygens (including phenoxy) is 1. The van der Waals surface area contributed by atoms with Crippen molar-refractivity contribution in [2.24, 2.45) is 0 Å². The quantitative estimate of drug-likeness (QED) is 0.474. The molecule has 2 N–H and O–H groups in total. The van der Waals surface area contributed by atoms with Crippen molar-refractivity contribution in [1.82, 2.24) is 15.2 Å². The molecule has 146 valence electrons. The molecule has 4 rings (SSSR count). The standard InChI is InChI=1S/C21H18N4O3S/c1-13-2-6-16(7-3-13)23-19(26)9-20-24-17(12-29-20)11-28-21(27)14-4-5-15-10-22-25-18(15)8-14/h2-8,10,12H,9,11H2,1H3,(H,22,25)(H,23,26). The zero-order chi connectivity index (χ0) is 20.2. The van der Waals surface area contributed by atoms with Gasteiger partial charge in [0.15, 0.2) is 0 Å². The molecule has 0 saturated carbocycles. The molecule has 0 aliphatic carbocycles. The van der Waals surface area contributed by atoms with Gasteiger partial charge in [-0.25, -0.2) is 9.78 Å². The fraction of sp³-hybridized carbons (Fsp3) is 0.143. The smallest absolute Gasteiger partial charge is 0.338 e. The second kappa shape index (κ2) is 8.24. The van der Waals surface area contributed by atoms with Crippen molar-refractivity contribution in [2.75, 3.05) is 5.32 Å². The third-order valence-corrected chi connectivity index (χ3v) is 5.17. The molecular formula is C21H18N4O3S. The maximum atomic E-state index is 12.3. The molecule has 0 bridgehead atoms. The third kappa shape index (κ3) is 4.67. The fourth-order valence-corrected chi connectivity index (χ4v) is 3.54. The number of benzene rings is 2.